The van der Waals surface area contributed by atoms with E-state index in [9.17, 15) is 19.8 Å². The summed E-state index contributed by atoms with van der Waals surface area (Å²) in [4.78, 5) is 19.1. The van der Waals surface area contributed by atoms with Gasteiger partial charge < -0.3 is 29.4 Å². The zero-order chi connectivity index (χ0) is 14.8. The first-order chi connectivity index (χ1) is 8.28. The summed E-state index contributed by atoms with van der Waals surface area (Å²) in [6.45, 7) is 14.2. The third-order valence-corrected chi connectivity index (χ3v) is 3.32. The van der Waals surface area contributed by atoms with Crippen molar-refractivity contribution < 1.29 is 80.8 Å². The minimum atomic E-state index is -1.96. The van der Waals surface area contributed by atoms with Crippen LogP contribution >= 0.6 is 0 Å². The van der Waals surface area contributed by atoms with Gasteiger partial charge in [0, 0.05) is 12.4 Å². The third-order valence-electron chi connectivity index (χ3n) is 3.32. The standard InChI is InChI=1S/C8H20N.C4H6O5.K/c1-5-9(6-2,7-3)8-4;5-2(4(8)9)1-3(6)7;/h5-8H2,1-4H3;2,5H,1H2,(H,6,7)(H,8,9);/q+1;;+1/p-2. The molecule has 1 N–H and O–H groups in total. The van der Waals surface area contributed by atoms with Crippen molar-refractivity contribution in [2.75, 3.05) is 26.2 Å². The minimum Gasteiger partial charge on any atom is -0.550 e. The van der Waals surface area contributed by atoms with E-state index in [4.69, 9.17) is 5.11 Å². The second-order valence-corrected chi connectivity index (χ2v) is 4.02. The van der Waals surface area contributed by atoms with Gasteiger partial charge in [0.1, 0.15) is 0 Å². The van der Waals surface area contributed by atoms with E-state index in [1.807, 2.05) is 0 Å². The van der Waals surface area contributed by atoms with Crippen molar-refractivity contribution in [2.45, 2.75) is 40.2 Å². The van der Waals surface area contributed by atoms with E-state index in [-0.39, 0.29) is 51.4 Å². The zero-order valence-corrected chi connectivity index (χ0v) is 15.8. The van der Waals surface area contributed by atoms with E-state index in [2.05, 4.69) is 27.7 Å². The van der Waals surface area contributed by atoms with E-state index in [0.29, 0.717) is 0 Å². The summed E-state index contributed by atoms with van der Waals surface area (Å²) in [7, 11) is 0. The average molecular weight is 301 g/mol. The van der Waals surface area contributed by atoms with Gasteiger partial charge in [-0.25, -0.2) is 0 Å². The van der Waals surface area contributed by atoms with Crippen LogP contribution in [0.3, 0.4) is 0 Å². The number of hydrogen-bond acceptors (Lipinski definition) is 5. The van der Waals surface area contributed by atoms with Crippen LogP contribution in [0.4, 0.5) is 0 Å². The number of rotatable bonds is 7. The van der Waals surface area contributed by atoms with Crippen LogP contribution in [-0.2, 0) is 9.59 Å². The van der Waals surface area contributed by atoms with Gasteiger partial charge >= 0.3 is 51.4 Å². The normalized spacial score (nSPS) is 11.6. The molecule has 0 saturated heterocycles. The summed E-state index contributed by atoms with van der Waals surface area (Å²) >= 11 is 0. The molecule has 0 aliphatic heterocycles. The van der Waals surface area contributed by atoms with Gasteiger partial charge in [-0.05, 0) is 27.7 Å². The van der Waals surface area contributed by atoms with Crippen molar-refractivity contribution in [3.8, 4) is 0 Å². The van der Waals surface area contributed by atoms with Crippen LogP contribution in [0.5, 0.6) is 0 Å². The SMILES string of the molecule is CC[N+](CC)(CC)CC.O=C([O-])CC(O)C(=O)[O-].[K+]. The molecular weight excluding hydrogens is 277 g/mol. The second-order valence-electron chi connectivity index (χ2n) is 4.02. The van der Waals surface area contributed by atoms with Gasteiger partial charge in [0.25, 0.3) is 0 Å². The second kappa shape index (κ2) is 13.5. The van der Waals surface area contributed by atoms with Crippen molar-refractivity contribution >= 4 is 11.9 Å². The molecule has 0 aromatic rings. The van der Waals surface area contributed by atoms with Gasteiger partial charge in [-0.3, -0.25) is 0 Å². The molecule has 0 rings (SSSR count). The zero-order valence-electron chi connectivity index (χ0n) is 12.6. The van der Waals surface area contributed by atoms with Crippen molar-refractivity contribution in [2.24, 2.45) is 0 Å². The Bertz CT molecular complexity index is 239. The molecule has 6 nitrogen and oxygen atoms in total. The number of carboxylic acid groups (broad SMARTS) is 2. The molecule has 0 fully saturated rings. The van der Waals surface area contributed by atoms with E-state index in [1.54, 1.807) is 0 Å². The fourth-order valence-electron chi connectivity index (χ4n) is 1.58. The third kappa shape index (κ3) is 12.0. The van der Waals surface area contributed by atoms with Gasteiger partial charge in [0.15, 0.2) is 0 Å². The molecular formula is C12H24KNO5. The molecule has 0 aromatic heterocycles. The van der Waals surface area contributed by atoms with Crippen LogP contribution in [0.25, 0.3) is 0 Å². The minimum absolute atomic E-state index is 0. The maximum atomic E-state index is 9.58. The van der Waals surface area contributed by atoms with Gasteiger partial charge in [-0.2, -0.15) is 0 Å². The van der Waals surface area contributed by atoms with E-state index >= 15 is 0 Å². The molecule has 108 valence electrons. The molecule has 0 radical (unpaired) electrons. The molecule has 0 aliphatic carbocycles. The Morgan fingerprint density at radius 1 is 1.00 bits per heavy atom. The van der Waals surface area contributed by atoms with E-state index in [1.165, 1.54) is 30.7 Å². The number of hydrogen-bond donors (Lipinski definition) is 1. The monoisotopic (exact) mass is 301 g/mol. The Kier molecular flexibility index (Phi) is 17.4. The summed E-state index contributed by atoms with van der Waals surface area (Å²) < 4.78 is 1.28. The maximum Gasteiger partial charge on any atom is 1.00 e. The predicted octanol–water partition coefficient (Wildman–Crippen LogP) is -4.88. The van der Waals surface area contributed by atoms with Gasteiger partial charge in [-0.15, -0.1) is 0 Å². The van der Waals surface area contributed by atoms with Crippen LogP contribution in [0.2, 0.25) is 0 Å². The molecule has 19 heavy (non-hydrogen) atoms. The van der Waals surface area contributed by atoms with Crippen LogP contribution in [0, 0.1) is 0 Å². The number of aliphatic hydroxyl groups is 1. The number of quaternary nitrogens is 1. The fourth-order valence-corrected chi connectivity index (χ4v) is 1.58. The number of carboxylic acids is 2. The molecule has 1 atom stereocenters. The Hall–Kier alpha value is 0.496. The molecule has 0 aliphatic rings. The smallest absolute Gasteiger partial charge is 0.550 e. The summed E-state index contributed by atoms with van der Waals surface area (Å²) in [5, 5.41) is 27.3. The molecule has 0 saturated carbocycles. The number of nitrogens with zero attached hydrogens (tertiary/aromatic N) is 1. The molecule has 0 aromatic carbocycles. The van der Waals surface area contributed by atoms with Crippen LogP contribution in [-0.4, -0.2) is 53.8 Å². The first-order valence-corrected chi connectivity index (χ1v) is 6.22. The Labute approximate surface area is 157 Å². The summed E-state index contributed by atoms with van der Waals surface area (Å²) in [6.07, 6.45) is -2.89. The van der Waals surface area contributed by atoms with Crippen molar-refractivity contribution in [1.82, 2.24) is 0 Å². The first kappa shape index (κ1) is 24.5. The molecule has 1 unspecified atom stereocenters. The Morgan fingerprint density at radius 2 is 1.32 bits per heavy atom. The number of carbonyl (C=O) groups is 2. The number of aliphatic hydroxyl groups excluding tert-OH is 1. The molecule has 0 heterocycles. The topological polar surface area (TPSA) is 100 Å². The van der Waals surface area contributed by atoms with Gasteiger partial charge in [0.2, 0.25) is 0 Å². The molecule has 0 spiro atoms. The number of aliphatic carboxylic acids is 2. The van der Waals surface area contributed by atoms with Crippen molar-refractivity contribution in [3.63, 3.8) is 0 Å². The van der Waals surface area contributed by atoms with Crippen LogP contribution in [0.1, 0.15) is 34.1 Å². The first-order valence-electron chi connectivity index (χ1n) is 6.22. The molecule has 0 bridgehead atoms. The quantitative estimate of drug-likeness (QED) is 0.375. The van der Waals surface area contributed by atoms with Gasteiger partial charge in [0.05, 0.1) is 38.3 Å². The summed E-state index contributed by atoms with van der Waals surface area (Å²) in [5.74, 6) is -3.43. The average Bonchev–Trinajstić information content (AvgIpc) is 2.32. The Balaban J connectivity index is -0.000000256. The maximum absolute atomic E-state index is 9.58. The Morgan fingerprint density at radius 3 is 1.37 bits per heavy atom. The van der Waals surface area contributed by atoms with Gasteiger partial charge in [-0.1, -0.05) is 0 Å². The largest absolute Gasteiger partial charge is 1.00 e. The van der Waals surface area contributed by atoms with Crippen LogP contribution < -0.4 is 61.6 Å². The molecule has 7 heteroatoms. The van der Waals surface area contributed by atoms with E-state index in [0.717, 1.165) is 0 Å². The summed E-state index contributed by atoms with van der Waals surface area (Å²) in [6, 6.07) is 0. The summed E-state index contributed by atoms with van der Waals surface area (Å²) in [5.41, 5.74) is 0. The fraction of sp³-hybridized carbons (Fsp3) is 0.833. The van der Waals surface area contributed by atoms with Crippen LogP contribution in [0.15, 0.2) is 0 Å². The van der Waals surface area contributed by atoms with Crippen molar-refractivity contribution in [3.05, 3.63) is 0 Å². The number of carbonyl (C=O) groups excluding carboxylic acids is 2. The predicted molar refractivity (Wildman–Crippen MR) is 63.1 cm³/mol. The van der Waals surface area contributed by atoms with Crippen molar-refractivity contribution in [1.29, 1.82) is 0 Å². The van der Waals surface area contributed by atoms with E-state index < -0.39 is 24.5 Å². The molecule has 0 amide bonds.